The number of nitrogens with zero attached hydrogens (tertiary/aromatic N) is 2. The quantitative estimate of drug-likeness (QED) is 0.751. The Hall–Kier alpha value is -1.36. The van der Waals surface area contributed by atoms with E-state index in [1.807, 2.05) is 0 Å². The van der Waals surface area contributed by atoms with Crippen LogP contribution < -0.4 is 5.32 Å². The zero-order chi connectivity index (χ0) is 9.80. The van der Waals surface area contributed by atoms with Crippen LogP contribution in [-0.2, 0) is 4.74 Å². The molecule has 0 saturated carbocycles. The fourth-order valence-electron chi connectivity index (χ4n) is 1.51. The third-order valence-electron chi connectivity index (χ3n) is 2.29. The Kier molecular flexibility index (Phi) is 2.78. The van der Waals surface area contributed by atoms with Crippen LogP contribution in [0.15, 0.2) is 18.7 Å². The number of nitrogens with one attached hydrogen (secondary N) is 1. The molecule has 0 spiro atoms. The normalized spacial score (nSPS) is 21.0. The Balaban J connectivity index is 1.78. The van der Waals surface area contributed by atoms with Crippen molar-refractivity contribution in [1.29, 1.82) is 0 Å². The molecule has 0 radical (unpaired) electrons. The zero-order valence-electron chi connectivity index (χ0n) is 7.85. The molecule has 0 aromatic carbocycles. The number of ether oxygens (including phenoxy) is 1. The predicted molar refractivity (Wildman–Crippen MR) is 50.0 cm³/mol. The number of carbonyl (C=O) groups is 1. The first kappa shape index (κ1) is 9.21. The van der Waals surface area contributed by atoms with Crippen LogP contribution in [0.25, 0.3) is 0 Å². The van der Waals surface area contributed by atoms with E-state index in [1.165, 1.54) is 10.9 Å². The molecule has 0 amide bonds. The van der Waals surface area contributed by atoms with E-state index in [0.29, 0.717) is 12.6 Å². The van der Waals surface area contributed by atoms with Crippen LogP contribution in [0.1, 0.15) is 12.8 Å². The van der Waals surface area contributed by atoms with Crippen LogP contribution >= 0.6 is 0 Å². The van der Waals surface area contributed by atoms with Gasteiger partial charge in [0.05, 0.1) is 0 Å². The number of rotatable bonds is 2. The highest BCUT2D eigenvalue weighted by atomic mass is 16.5. The number of carbonyl (C=O) groups excluding carboxylic acids is 1. The predicted octanol–water partition coefficient (Wildman–Crippen LogP) is 0.620. The summed E-state index contributed by atoms with van der Waals surface area (Å²) >= 11 is 0. The number of imidazole rings is 1. The van der Waals surface area contributed by atoms with E-state index in [2.05, 4.69) is 10.3 Å². The Labute approximate surface area is 82.1 Å². The van der Waals surface area contributed by atoms with Gasteiger partial charge in [-0.2, -0.15) is 0 Å². The second kappa shape index (κ2) is 4.23. The fourth-order valence-corrected chi connectivity index (χ4v) is 1.51. The van der Waals surface area contributed by atoms with Gasteiger partial charge in [0.1, 0.15) is 12.9 Å². The molecule has 76 valence electrons. The molecule has 1 aliphatic rings. The minimum atomic E-state index is -0.365. The minimum absolute atomic E-state index is 0.322. The van der Waals surface area contributed by atoms with Gasteiger partial charge < -0.3 is 10.1 Å². The topological polar surface area (TPSA) is 56.1 Å². The van der Waals surface area contributed by atoms with E-state index in [4.69, 9.17) is 4.74 Å². The van der Waals surface area contributed by atoms with Crippen LogP contribution in [0.2, 0.25) is 0 Å². The highest BCUT2D eigenvalue weighted by Gasteiger charge is 2.16. The third kappa shape index (κ3) is 2.11. The molecule has 1 N–H and O–H groups in total. The molecule has 5 nitrogen and oxygen atoms in total. The Morgan fingerprint density at radius 3 is 3.29 bits per heavy atom. The van der Waals surface area contributed by atoms with Gasteiger partial charge in [0, 0.05) is 18.4 Å². The molecular formula is C9H13N3O2. The molecule has 2 heterocycles. The lowest BCUT2D eigenvalue weighted by Crippen LogP contribution is -2.29. The van der Waals surface area contributed by atoms with E-state index in [-0.39, 0.29) is 6.09 Å². The fraction of sp³-hybridized carbons (Fsp3) is 0.556. The van der Waals surface area contributed by atoms with Gasteiger partial charge >= 0.3 is 6.09 Å². The standard InChI is InChI=1S/C9H13N3O2/c13-9(12-5-4-10-7-12)14-6-8-2-1-3-11-8/h4-5,7-8,11H,1-3,6H2/t8-/m0/s1. The molecular weight excluding hydrogens is 182 g/mol. The van der Waals surface area contributed by atoms with Crippen LogP contribution in [-0.4, -0.2) is 34.8 Å². The SMILES string of the molecule is O=C(OC[C@@H]1CCCN1)n1ccnc1. The average Bonchev–Trinajstić information content (AvgIpc) is 2.87. The smallest absolute Gasteiger partial charge is 0.419 e. The van der Waals surface area contributed by atoms with Gasteiger partial charge in [0.15, 0.2) is 0 Å². The van der Waals surface area contributed by atoms with Crippen molar-refractivity contribution in [3.8, 4) is 0 Å². The second-order valence-electron chi connectivity index (χ2n) is 3.34. The minimum Gasteiger partial charge on any atom is -0.447 e. The molecule has 1 aromatic heterocycles. The average molecular weight is 195 g/mol. The highest BCUT2D eigenvalue weighted by molar-refractivity contribution is 5.69. The van der Waals surface area contributed by atoms with Gasteiger partial charge in [-0.1, -0.05) is 0 Å². The molecule has 1 aliphatic heterocycles. The van der Waals surface area contributed by atoms with Gasteiger partial charge in [-0.25, -0.2) is 14.3 Å². The van der Waals surface area contributed by atoms with Crippen molar-refractivity contribution in [2.24, 2.45) is 0 Å². The van der Waals surface area contributed by atoms with E-state index in [1.54, 1.807) is 12.4 Å². The number of hydrogen-bond acceptors (Lipinski definition) is 4. The maximum absolute atomic E-state index is 11.3. The zero-order valence-corrected chi connectivity index (χ0v) is 7.85. The van der Waals surface area contributed by atoms with Crippen molar-refractivity contribution in [2.45, 2.75) is 18.9 Å². The van der Waals surface area contributed by atoms with E-state index < -0.39 is 0 Å². The highest BCUT2D eigenvalue weighted by Crippen LogP contribution is 2.05. The van der Waals surface area contributed by atoms with E-state index >= 15 is 0 Å². The first-order chi connectivity index (χ1) is 6.86. The molecule has 0 bridgehead atoms. The lowest BCUT2D eigenvalue weighted by atomic mass is 10.2. The molecule has 5 heteroatoms. The van der Waals surface area contributed by atoms with Crippen LogP contribution in [0.4, 0.5) is 4.79 Å². The Morgan fingerprint density at radius 1 is 1.71 bits per heavy atom. The number of aromatic nitrogens is 2. The molecule has 2 rings (SSSR count). The van der Waals surface area contributed by atoms with Crippen molar-refractivity contribution in [1.82, 2.24) is 14.9 Å². The first-order valence-electron chi connectivity index (χ1n) is 4.75. The molecule has 14 heavy (non-hydrogen) atoms. The first-order valence-corrected chi connectivity index (χ1v) is 4.75. The van der Waals surface area contributed by atoms with Crippen LogP contribution in [0.3, 0.4) is 0 Å². The summed E-state index contributed by atoms with van der Waals surface area (Å²) in [4.78, 5) is 15.1. The molecule has 1 fully saturated rings. The number of hydrogen-bond donors (Lipinski definition) is 1. The molecule has 1 atom stereocenters. The largest absolute Gasteiger partial charge is 0.447 e. The molecule has 1 saturated heterocycles. The van der Waals surface area contributed by atoms with Crippen molar-refractivity contribution in [3.63, 3.8) is 0 Å². The summed E-state index contributed by atoms with van der Waals surface area (Å²) in [5, 5.41) is 3.26. The Morgan fingerprint density at radius 2 is 2.64 bits per heavy atom. The Bertz CT molecular complexity index is 291. The monoisotopic (exact) mass is 195 g/mol. The van der Waals surface area contributed by atoms with Crippen molar-refractivity contribution in [2.75, 3.05) is 13.2 Å². The second-order valence-corrected chi connectivity index (χ2v) is 3.34. The summed E-state index contributed by atoms with van der Waals surface area (Å²) in [6.07, 6.45) is 6.44. The maximum atomic E-state index is 11.3. The van der Waals surface area contributed by atoms with Crippen LogP contribution in [0.5, 0.6) is 0 Å². The molecule has 0 unspecified atom stereocenters. The molecule has 0 aliphatic carbocycles. The summed E-state index contributed by atoms with van der Waals surface area (Å²) in [5.41, 5.74) is 0. The van der Waals surface area contributed by atoms with E-state index in [0.717, 1.165) is 19.4 Å². The van der Waals surface area contributed by atoms with Crippen molar-refractivity contribution >= 4 is 6.09 Å². The summed E-state index contributed by atoms with van der Waals surface area (Å²) in [7, 11) is 0. The van der Waals surface area contributed by atoms with Crippen molar-refractivity contribution in [3.05, 3.63) is 18.7 Å². The van der Waals surface area contributed by atoms with Gasteiger partial charge in [-0.05, 0) is 19.4 Å². The lowest BCUT2D eigenvalue weighted by Gasteiger charge is -2.10. The van der Waals surface area contributed by atoms with Gasteiger partial charge in [0.25, 0.3) is 0 Å². The maximum Gasteiger partial charge on any atom is 0.419 e. The van der Waals surface area contributed by atoms with Gasteiger partial charge in [-0.15, -0.1) is 0 Å². The van der Waals surface area contributed by atoms with E-state index in [9.17, 15) is 4.79 Å². The third-order valence-corrected chi connectivity index (χ3v) is 2.29. The summed E-state index contributed by atoms with van der Waals surface area (Å²) in [6, 6.07) is 0.322. The van der Waals surface area contributed by atoms with Gasteiger partial charge in [0.2, 0.25) is 0 Å². The van der Waals surface area contributed by atoms with Crippen molar-refractivity contribution < 1.29 is 9.53 Å². The lowest BCUT2D eigenvalue weighted by molar-refractivity contribution is 0.138. The van der Waals surface area contributed by atoms with Gasteiger partial charge in [-0.3, -0.25) is 0 Å². The summed E-state index contributed by atoms with van der Waals surface area (Å²) < 4.78 is 6.42. The van der Waals surface area contributed by atoms with Crippen LogP contribution in [0, 0.1) is 0 Å². The summed E-state index contributed by atoms with van der Waals surface area (Å²) in [5.74, 6) is 0. The summed E-state index contributed by atoms with van der Waals surface area (Å²) in [6.45, 7) is 1.46. The molecule has 1 aromatic rings.